The van der Waals surface area contributed by atoms with Crippen LogP contribution >= 0.6 is 0 Å². The molecule has 0 saturated carbocycles. The third kappa shape index (κ3) is 8.51. The highest BCUT2D eigenvalue weighted by Crippen LogP contribution is 2.26. The van der Waals surface area contributed by atoms with E-state index in [0.29, 0.717) is 6.61 Å². The van der Waals surface area contributed by atoms with Crippen LogP contribution in [-0.2, 0) is 4.74 Å². The molecule has 0 spiro atoms. The van der Waals surface area contributed by atoms with Crippen molar-refractivity contribution < 1.29 is 4.74 Å². The molecule has 1 saturated heterocycles. The second kappa shape index (κ2) is 12.3. The molecule has 1 heterocycles. The van der Waals surface area contributed by atoms with Gasteiger partial charge in [-0.2, -0.15) is 0 Å². The minimum Gasteiger partial charge on any atom is -0.383 e. The average Bonchev–Trinajstić information content (AvgIpc) is 2.91. The summed E-state index contributed by atoms with van der Waals surface area (Å²) in [5.41, 5.74) is 6.39. The quantitative estimate of drug-likeness (QED) is 0.469. The Morgan fingerprint density at radius 3 is 2.09 bits per heavy atom. The molecular weight excluding hydrogens is 284 g/mol. The van der Waals surface area contributed by atoms with Crippen molar-refractivity contribution in [2.45, 2.75) is 102 Å². The highest BCUT2D eigenvalue weighted by molar-refractivity contribution is 4.96. The van der Waals surface area contributed by atoms with Gasteiger partial charge in [-0.15, -0.1) is 0 Å². The summed E-state index contributed by atoms with van der Waals surface area (Å²) in [7, 11) is 1.77. The van der Waals surface area contributed by atoms with Crippen LogP contribution in [0.2, 0.25) is 0 Å². The minimum atomic E-state index is -0.112. The van der Waals surface area contributed by atoms with Crippen molar-refractivity contribution in [3.63, 3.8) is 0 Å². The number of likely N-dealkylation sites (tertiary alicyclic amines) is 1. The predicted octanol–water partition coefficient (Wildman–Crippen LogP) is 4.74. The van der Waals surface area contributed by atoms with Crippen LogP contribution in [0.4, 0.5) is 0 Å². The van der Waals surface area contributed by atoms with Crippen molar-refractivity contribution in [3.8, 4) is 0 Å². The first-order valence-corrected chi connectivity index (χ1v) is 10.2. The number of nitrogens with two attached hydrogens (primary N) is 1. The van der Waals surface area contributed by atoms with E-state index < -0.39 is 0 Å². The molecule has 0 amide bonds. The van der Waals surface area contributed by atoms with Gasteiger partial charge in [0.1, 0.15) is 0 Å². The van der Waals surface area contributed by atoms with E-state index in [1.54, 1.807) is 7.11 Å². The highest BCUT2D eigenvalue weighted by atomic mass is 16.5. The molecule has 0 aromatic heterocycles. The standard InChI is InChI=1S/C20H42N2O/c1-4-6-8-10-12-14-19(13-11-9-7-5-2)22-16-15-20(21,17-22)18-23-3/h19H,4-18,21H2,1-3H3/t19-,20?/m0/s1. The van der Waals surface area contributed by atoms with Crippen LogP contribution in [0, 0.1) is 0 Å². The molecule has 0 aromatic carbocycles. The van der Waals surface area contributed by atoms with Gasteiger partial charge in [-0.25, -0.2) is 0 Å². The van der Waals surface area contributed by atoms with Gasteiger partial charge in [0.2, 0.25) is 0 Å². The third-order valence-corrected chi connectivity index (χ3v) is 5.39. The zero-order valence-corrected chi connectivity index (χ0v) is 16.1. The van der Waals surface area contributed by atoms with Crippen molar-refractivity contribution in [2.75, 3.05) is 26.8 Å². The number of hydrogen-bond acceptors (Lipinski definition) is 3. The fourth-order valence-electron chi connectivity index (χ4n) is 3.95. The lowest BCUT2D eigenvalue weighted by atomic mass is 9.99. The molecule has 1 aliphatic rings. The highest BCUT2D eigenvalue weighted by Gasteiger charge is 2.36. The van der Waals surface area contributed by atoms with Crippen molar-refractivity contribution in [1.82, 2.24) is 4.90 Å². The maximum absolute atomic E-state index is 6.50. The van der Waals surface area contributed by atoms with Gasteiger partial charge in [-0.3, -0.25) is 4.90 Å². The molecule has 0 radical (unpaired) electrons. The topological polar surface area (TPSA) is 38.5 Å². The van der Waals surface area contributed by atoms with Gasteiger partial charge in [-0.05, 0) is 19.3 Å². The van der Waals surface area contributed by atoms with E-state index >= 15 is 0 Å². The predicted molar refractivity (Wildman–Crippen MR) is 101 cm³/mol. The first kappa shape index (κ1) is 20.9. The maximum Gasteiger partial charge on any atom is 0.0655 e. The monoisotopic (exact) mass is 326 g/mol. The normalized spacial score (nSPS) is 23.5. The van der Waals surface area contributed by atoms with Gasteiger partial charge < -0.3 is 10.5 Å². The minimum absolute atomic E-state index is 0.112. The van der Waals surface area contributed by atoms with Crippen LogP contribution in [0.1, 0.15) is 90.9 Å². The first-order chi connectivity index (χ1) is 11.1. The van der Waals surface area contributed by atoms with Gasteiger partial charge in [0.15, 0.2) is 0 Å². The summed E-state index contributed by atoms with van der Waals surface area (Å²) in [4.78, 5) is 2.67. The van der Waals surface area contributed by atoms with E-state index in [9.17, 15) is 0 Å². The number of nitrogens with zero attached hydrogens (tertiary/aromatic N) is 1. The molecule has 3 heteroatoms. The molecule has 1 aliphatic heterocycles. The fourth-order valence-corrected chi connectivity index (χ4v) is 3.95. The van der Waals surface area contributed by atoms with Gasteiger partial charge in [0.05, 0.1) is 12.1 Å². The van der Waals surface area contributed by atoms with Crippen molar-refractivity contribution in [3.05, 3.63) is 0 Å². The molecule has 1 fully saturated rings. The molecule has 0 bridgehead atoms. The Hall–Kier alpha value is -0.120. The smallest absolute Gasteiger partial charge is 0.0655 e. The molecule has 23 heavy (non-hydrogen) atoms. The molecule has 0 aliphatic carbocycles. The van der Waals surface area contributed by atoms with Crippen LogP contribution < -0.4 is 5.73 Å². The SMILES string of the molecule is CCCCCCC[C@H](CCCCCC)N1CCC(N)(COC)C1. The van der Waals surface area contributed by atoms with Gasteiger partial charge in [0.25, 0.3) is 0 Å². The molecule has 138 valence electrons. The number of unbranched alkanes of at least 4 members (excludes halogenated alkanes) is 7. The lowest BCUT2D eigenvalue weighted by molar-refractivity contribution is 0.124. The van der Waals surface area contributed by atoms with E-state index in [0.717, 1.165) is 25.6 Å². The summed E-state index contributed by atoms with van der Waals surface area (Å²) in [6, 6.07) is 0.746. The summed E-state index contributed by atoms with van der Waals surface area (Å²) in [5.74, 6) is 0. The Labute approximate surface area is 145 Å². The van der Waals surface area contributed by atoms with E-state index in [1.807, 2.05) is 0 Å². The number of rotatable bonds is 14. The summed E-state index contributed by atoms with van der Waals surface area (Å²) in [6.07, 6.45) is 16.2. The number of hydrogen-bond donors (Lipinski definition) is 1. The van der Waals surface area contributed by atoms with Crippen molar-refractivity contribution in [1.29, 1.82) is 0 Å². The Morgan fingerprint density at radius 2 is 1.52 bits per heavy atom. The van der Waals surface area contributed by atoms with Crippen LogP contribution in [0.15, 0.2) is 0 Å². The molecule has 3 nitrogen and oxygen atoms in total. The second-order valence-corrected chi connectivity index (χ2v) is 7.72. The average molecular weight is 327 g/mol. The summed E-state index contributed by atoms with van der Waals surface area (Å²) in [6.45, 7) is 7.46. The lowest BCUT2D eigenvalue weighted by Crippen LogP contribution is -2.48. The van der Waals surface area contributed by atoms with E-state index in [1.165, 1.54) is 70.6 Å². The molecule has 2 atom stereocenters. The van der Waals surface area contributed by atoms with E-state index in [2.05, 4.69) is 18.7 Å². The van der Waals surface area contributed by atoms with Crippen LogP contribution in [-0.4, -0.2) is 43.3 Å². The van der Waals surface area contributed by atoms with E-state index in [-0.39, 0.29) is 5.54 Å². The Bertz CT molecular complexity index is 285. The summed E-state index contributed by atoms with van der Waals surface area (Å²) < 4.78 is 5.34. The Balaban J connectivity index is 2.40. The Kier molecular flexibility index (Phi) is 11.2. The Morgan fingerprint density at radius 1 is 0.957 bits per heavy atom. The van der Waals surface area contributed by atoms with Crippen LogP contribution in [0.25, 0.3) is 0 Å². The third-order valence-electron chi connectivity index (χ3n) is 5.39. The second-order valence-electron chi connectivity index (χ2n) is 7.72. The van der Waals surface area contributed by atoms with E-state index in [4.69, 9.17) is 10.5 Å². The fraction of sp³-hybridized carbons (Fsp3) is 1.00. The lowest BCUT2D eigenvalue weighted by Gasteiger charge is -2.30. The van der Waals surface area contributed by atoms with Crippen molar-refractivity contribution in [2.24, 2.45) is 5.73 Å². The maximum atomic E-state index is 6.50. The van der Waals surface area contributed by atoms with Gasteiger partial charge in [-0.1, -0.05) is 71.6 Å². The molecule has 1 rings (SSSR count). The zero-order chi connectivity index (χ0) is 17.0. The van der Waals surface area contributed by atoms with Gasteiger partial charge >= 0.3 is 0 Å². The zero-order valence-electron chi connectivity index (χ0n) is 16.1. The van der Waals surface area contributed by atoms with Crippen molar-refractivity contribution >= 4 is 0 Å². The largest absolute Gasteiger partial charge is 0.383 e. The van der Waals surface area contributed by atoms with Crippen LogP contribution in [0.5, 0.6) is 0 Å². The number of methoxy groups -OCH3 is 1. The molecule has 1 unspecified atom stereocenters. The first-order valence-electron chi connectivity index (χ1n) is 10.2. The summed E-state index contributed by atoms with van der Waals surface area (Å²) in [5, 5.41) is 0. The van der Waals surface area contributed by atoms with Crippen LogP contribution in [0.3, 0.4) is 0 Å². The molecule has 2 N–H and O–H groups in total. The van der Waals surface area contributed by atoms with Gasteiger partial charge in [0, 0.05) is 26.2 Å². The number of ether oxygens (including phenoxy) is 1. The summed E-state index contributed by atoms with van der Waals surface area (Å²) >= 11 is 0. The molecular formula is C20H42N2O. The molecule has 0 aromatic rings.